The second-order valence-electron chi connectivity index (χ2n) is 10.9. The van der Waals surface area contributed by atoms with Gasteiger partial charge < -0.3 is 15.1 Å². The van der Waals surface area contributed by atoms with Crippen molar-refractivity contribution in [1.29, 1.82) is 0 Å². The summed E-state index contributed by atoms with van der Waals surface area (Å²) in [4.78, 5) is 14.2. The molecule has 5 atom stereocenters. The number of fused-ring (bicyclic) bond motifs is 1. The summed E-state index contributed by atoms with van der Waals surface area (Å²) in [6.45, 7) is 10.2. The van der Waals surface area contributed by atoms with Crippen LogP contribution in [0, 0.1) is 17.8 Å². The summed E-state index contributed by atoms with van der Waals surface area (Å²) >= 11 is 0. The Hall–Kier alpha value is -1.13. The van der Waals surface area contributed by atoms with E-state index in [0.29, 0.717) is 24.7 Å². The molecule has 0 aliphatic heterocycles. The third kappa shape index (κ3) is 6.95. The van der Waals surface area contributed by atoms with Gasteiger partial charge in [-0.3, -0.25) is 4.79 Å². The number of hydrogen-bond donors (Lipinski definition) is 2. The van der Waals surface area contributed by atoms with Crippen LogP contribution >= 0.6 is 0 Å². The van der Waals surface area contributed by atoms with Crippen molar-refractivity contribution in [3.63, 3.8) is 0 Å². The monoisotopic (exact) mass is 419 g/mol. The molecule has 1 amide bonds. The van der Waals surface area contributed by atoms with E-state index in [4.69, 9.17) is 0 Å². The number of aliphatic hydroxyl groups excluding tert-OH is 1. The fraction of sp³-hybridized carbons (Fsp3) is 0.808. The third-order valence-electron chi connectivity index (χ3n) is 7.20. The minimum absolute atomic E-state index is 0.127. The van der Waals surface area contributed by atoms with Crippen LogP contribution in [0.4, 0.5) is 0 Å². The predicted octanol–water partition coefficient (Wildman–Crippen LogP) is 5.24. The largest absolute Gasteiger partial charge is 0.392 e. The molecule has 0 saturated heterocycles. The van der Waals surface area contributed by atoms with Gasteiger partial charge in [0.25, 0.3) is 0 Å². The van der Waals surface area contributed by atoms with Crippen molar-refractivity contribution in [2.45, 2.75) is 110 Å². The average Bonchev–Trinajstić information content (AvgIpc) is 3.16. The van der Waals surface area contributed by atoms with E-state index >= 15 is 0 Å². The Morgan fingerprint density at radius 3 is 2.60 bits per heavy atom. The van der Waals surface area contributed by atoms with Gasteiger partial charge in [0.1, 0.15) is 0 Å². The number of rotatable bonds is 10. The molecule has 30 heavy (non-hydrogen) atoms. The second kappa shape index (κ2) is 10.5. The van der Waals surface area contributed by atoms with E-state index in [1.54, 1.807) is 0 Å². The van der Waals surface area contributed by atoms with Gasteiger partial charge in [-0.2, -0.15) is 0 Å². The van der Waals surface area contributed by atoms with E-state index < -0.39 is 5.60 Å². The molecule has 172 valence electrons. The van der Waals surface area contributed by atoms with E-state index in [1.165, 1.54) is 5.57 Å². The first kappa shape index (κ1) is 25.1. The van der Waals surface area contributed by atoms with Crippen molar-refractivity contribution in [2.24, 2.45) is 17.8 Å². The molecule has 2 rings (SSSR count). The molecule has 0 aromatic carbocycles. The number of aliphatic hydroxyl groups is 2. The second-order valence-corrected chi connectivity index (χ2v) is 10.9. The Morgan fingerprint density at radius 2 is 1.97 bits per heavy atom. The molecule has 2 N–H and O–H groups in total. The zero-order chi connectivity index (χ0) is 22.5. The topological polar surface area (TPSA) is 60.8 Å². The lowest BCUT2D eigenvalue weighted by molar-refractivity contribution is -0.134. The standard InChI is InChI=1S/C26H45NO3/c1-7-8-14-26(5,30)15-10-12-21-22-17-19(16-20(22)18-23(21)28)11-9-13-24(29)27(6)25(2,3)4/h10,12,16,20-23,28,30H,7-9,11,13-15,17-18H2,1-6H3/b12-10+/t20-,21+,22-,23+,26-/m0/s1. The molecule has 0 aromatic rings. The summed E-state index contributed by atoms with van der Waals surface area (Å²) in [7, 11) is 1.89. The van der Waals surface area contributed by atoms with Crippen molar-refractivity contribution in [3.05, 3.63) is 23.8 Å². The average molecular weight is 420 g/mol. The molecular weight excluding hydrogens is 374 g/mol. The van der Waals surface area contributed by atoms with Crippen molar-refractivity contribution in [1.82, 2.24) is 4.90 Å². The lowest BCUT2D eigenvalue weighted by Crippen LogP contribution is -2.42. The highest BCUT2D eigenvalue weighted by Gasteiger charge is 2.43. The van der Waals surface area contributed by atoms with Gasteiger partial charge in [-0.1, -0.05) is 43.6 Å². The lowest BCUT2D eigenvalue weighted by atomic mass is 9.87. The maximum atomic E-state index is 12.4. The number of allylic oxidation sites excluding steroid dienone is 2. The summed E-state index contributed by atoms with van der Waals surface area (Å²) in [6.07, 6.45) is 14.3. The number of hydrogen-bond acceptors (Lipinski definition) is 3. The summed E-state index contributed by atoms with van der Waals surface area (Å²) in [5.41, 5.74) is 0.676. The first-order chi connectivity index (χ1) is 13.9. The molecule has 1 saturated carbocycles. The Labute approximate surface area is 184 Å². The molecule has 0 aromatic heterocycles. The van der Waals surface area contributed by atoms with E-state index in [0.717, 1.165) is 44.9 Å². The van der Waals surface area contributed by atoms with Crippen LogP contribution < -0.4 is 0 Å². The maximum absolute atomic E-state index is 12.4. The van der Waals surface area contributed by atoms with E-state index in [9.17, 15) is 15.0 Å². The Balaban J connectivity index is 1.82. The van der Waals surface area contributed by atoms with E-state index in [1.807, 2.05) is 18.9 Å². The highest BCUT2D eigenvalue weighted by atomic mass is 16.3. The van der Waals surface area contributed by atoms with Crippen LogP contribution in [0.3, 0.4) is 0 Å². The van der Waals surface area contributed by atoms with Gasteiger partial charge in [-0.25, -0.2) is 0 Å². The number of carbonyl (C=O) groups is 1. The zero-order valence-electron chi connectivity index (χ0n) is 20.2. The fourth-order valence-corrected chi connectivity index (χ4v) is 4.94. The van der Waals surface area contributed by atoms with Gasteiger partial charge in [0, 0.05) is 24.9 Å². The number of amides is 1. The van der Waals surface area contributed by atoms with Crippen molar-refractivity contribution in [2.75, 3.05) is 7.05 Å². The maximum Gasteiger partial charge on any atom is 0.222 e. The molecule has 4 nitrogen and oxygen atoms in total. The van der Waals surface area contributed by atoms with Crippen molar-refractivity contribution < 1.29 is 15.0 Å². The Bertz CT molecular complexity index is 629. The predicted molar refractivity (Wildman–Crippen MR) is 124 cm³/mol. The van der Waals surface area contributed by atoms with Gasteiger partial charge in [0.05, 0.1) is 11.7 Å². The highest BCUT2D eigenvalue weighted by Crippen LogP contribution is 2.48. The van der Waals surface area contributed by atoms with Crippen LogP contribution in [0.15, 0.2) is 23.8 Å². The zero-order valence-corrected chi connectivity index (χ0v) is 20.2. The molecule has 0 bridgehead atoms. The summed E-state index contributed by atoms with van der Waals surface area (Å²) < 4.78 is 0. The smallest absolute Gasteiger partial charge is 0.222 e. The van der Waals surface area contributed by atoms with Gasteiger partial charge in [-0.15, -0.1) is 0 Å². The van der Waals surface area contributed by atoms with Gasteiger partial charge >= 0.3 is 0 Å². The highest BCUT2D eigenvalue weighted by molar-refractivity contribution is 5.76. The quantitative estimate of drug-likeness (QED) is 0.476. The van der Waals surface area contributed by atoms with E-state index in [-0.39, 0.29) is 23.5 Å². The first-order valence-corrected chi connectivity index (χ1v) is 12.0. The van der Waals surface area contributed by atoms with Crippen molar-refractivity contribution >= 4 is 5.91 Å². The molecule has 1 fully saturated rings. The summed E-state index contributed by atoms with van der Waals surface area (Å²) in [6, 6.07) is 0. The van der Waals surface area contributed by atoms with Crippen LogP contribution in [-0.4, -0.2) is 45.3 Å². The molecule has 0 spiro atoms. The first-order valence-electron chi connectivity index (χ1n) is 12.0. The SMILES string of the molecule is CCCC[C@](C)(O)C/C=C/[C@@H]1[C@H]2CC(CCCC(=O)N(C)C(C)(C)C)=C[C@H]2C[C@H]1O. The number of unbranched alkanes of at least 4 members (excludes halogenated alkanes) is 1. The molecular formula is C26H45NO3. The molecule has 2 aliphatic carbocycles. The van der Waals surface area contributed by atoms with Crippen LogP contribution in [0.1, 0.15) is 92.4 Å². The number of nitrogens with zero attached hydrogens (tertiary/aromatic N) is 1. The third-order valence-corrected chi connectivity index (χ3v) is 7.20. The van der Waals surface area contributed by atoms with Gasteiger partial charge in [-0.05, 0) is 78.1 Å². The molecule has 0 unspecified atom stereocenters. The Kier molecular flexibility index (Phi) is 8.76. The lowest BCUT2D eigenvalue weighted by Gasteiger charge is -2.32. The van der Waals surface area contributed by atoms with Gasteiger partial charge in [0.15, 0.2) is 0 Å². The minimum atomic E-state index is -0.651. The molecule has 4 heteroatoms. The molecule has 2 aliphatic rings. The van der Waals surface area contributed by atoms with Crippen molar-refractivity contribution in [3.8, 4) is 0 Å². The normalized spacial score (nSPS) is 28.5. The van der Waals surface area contributed by atoms with Crippen LogP contribution in [0.2, 0.25) is 0 Å². The van der Waals surface area contributed by atoms with Crippen LogP contribution in [-0.2, 0) is 4.79 Å². The Morgan fingerprint density at radius 1 is 1.27 bits per heavy atom. The molecule has 0 radical (unpaired) electrons. The molecule has 0 heterocycles. The van der Waals surface area contributed by atoms with Crippen LogP contribution in [0.25, 0.3) is 0 Å². The van der Waals surface area contributed by atoms with E-state index in [2.05, 4.69) is 45.9 Å². The summed E-state index contributed by atoms with van der Waals surface area (Å²) in [5.74, 6) is 1.32. The number of carbonyl (C=O) groups excluding carboxylic acids is 1. The minimum Gasteiger partial charge on any atom is -0.392 e. The fourth-order valence-electron chi connectivity index (χ4n) is 4.94. The summed E-state index contributed by atoms with van der Waals surface area (Å²) in [5, 5.41) is 21.0. The van der Waals surface area contributed by atoms with Gasteiger partial charge in [0.2, 0.25) is 5.91 Å². The van der Waals surface area contributed by atoms with Crippen LogP contribution in [0.5, 0.6) is 0 Å².